The second-order valence-corrected chi connectivity index (χ2v) is 6.18. The molecule has 0 saturated heterocycles. The number of hydrogen-bond donors (Lipinski definition) is 2. The fourth-order valence-electron chi connectivity index (χ4n) is 2.30. The van der Waals surface area contributed by atoms with Crippen LogP contribution in [0.4, 0.5) is 11.8 Å². The van der Waals surface area contributed by atoms with Gasteiger partial charge < -0.3 is 15.8 Å². The zero-order chi connectivity index (χ0) is 17.4. The molecule has 0 unspecified atom stereocenters. The highest BCUT2D eigenvalue weighted by Crippen LogP contribution is 2.23. The van der Waals surface area contributed by atoms with Crippen molar-refractivity contribution < 1.29 is 4.74 Å². The Hall–Kier alpha value is -2.01. The van der Waals surface area contributed by atoms with Crippen molar-refractivity contribution in [3.8, 4) is 5.75 Å². The number of aromatic nitrogens is 2. The SMILES string of the molecule is CCCCNc1nc(N)ncc1OCCCc1ccc(C)cc1Cl. The number of rotatable bonds is 9. The van der Waals surface area contributed by atoms with Gasteiger partial charge in [-0.2, -0.15) is 4.98 Å². The van der Waals surface area contributed by atoms with Crippen molar-refractivity contribution in [1.82, 2.24) is 9.97 Å². The van der Waals surface area contributed by atoms with E-state index in [4.69, 9.17) is 22.1 Å². The molecular formula is C18H25ClN4O. The van der Waals surface area contributed by atoms with E-state index in [0.29, 0.717) is 18.2 Å². The Morgan fingerprint density at radius 3 is 2.88 bits per heavy atom. The average Bonchev–Trinajstić information content (AvgIpc) is 2.55. The minimum Gasteiger partial charge on any atom is -0.488 e. The first-order chi connectivity index (χ1) is 11.6. The van der Waals surface area contributed by atoms with Crippen LogP contribution in [0.2, 0.25) is 5.02 Å². The largest absolute Gasteiger partial charge is 0.488 e. The fourth-order valence-corrected chi connectivity index (χ4v) is 2.63. The van der Waals surface area contributed by atoms with Crippen molar-refractivity contribution in [2.75, 3.05) is 24.2 Å². The van der Waals surface area contributed by atoms with Gasteiger partial charge in [0.2, 0.25) is 5.95 Å². The number of nitrogens with one attached hydrogen (secondary N) is 1. The first kappa shape index (κ1) is 18.3. The first-order valence-corrected chi connectivity index (χ1v) is 8.72. The molecular weight excluding hydrogens is 324 g/mol. The van der Waals surface area contributed by atoms with Gasteiger partial charge in [-0.05, 0) is 43.4 Å². The molecule has 0 amide bonds. The number of ether oxygens (including phenoxy) is 1. The van der Waals surface area contributed by atoms with Crippen molar-refractivity contribution in [1.29, 1.82) is 0 Å². The van der Waals surface area contributed by atoms with Crippen molar-refractivity contribution in [3.05, 3.63) is 40.5 Å². The predicted octanol–water partition coefficient (Wildman–Crippen LogP) is 4.24. The molecule has 3 N–H and O–H groups in total. The summed E-state index contributed by atoms with van der Waals surface area (Å²) in [6.45, 7) is 5.58. The van der Waals surface area contributed by atoms with Crippen LogP contribution in [0.25, 0.3) is 0 Å². The van der Waals surface area contributed by atoms with Crippen LogP contribution in [-0.4, -0.2) is 23.1 Å². The van der Waals surface area contributed by atoms with E-state index in [1.807, 2.05) is 13.0 Å². The third-order valence-corrected chi connectivity index (χ3v) is 4.01. The molecule has 0 saturated carbocycles. The van der Waals surface area contributed by atoms with E-state index in [1.165, 1.54) is 5.56 Å². The van der Waals surface area contributed by atoms with Gasteiger partial charge in [-0.1, -0.05) is 37.1 Å². The highest BCUT2D eigenvalue weighted by Gasteiger charge is 2.07. The highest BCUT2D eigenvalue weighted by atomic mass is 35.5. The van der Waals surface area contributed by atoms with Gasteiger partial charge in [-0.3, -0.25) is 0 Å². The second-order valence-electron chi connectivity index (χ2n) is 5.77. The van der Waals surface area contributed by atoms with Crippen LogP contribution in [0.5, 0.6) is 5.75 Å². The molecule has 5 nitrogen and oxygen atoms in total. The Morgan fingerprint density at radius 1 is 1.29 bits per heavy atom. The van der Waals surface area contributed by atoms with Gasteiger partial charge in [-0.15, -0.1) is 0 Å². The third kappa shape index (κ3) is 5.57. The summed E-state index contributed by atoms with van der Waals surface area (Å²) >= 11 is 6.25. The zero-order valence-electron chi connectivity index (χ0n) is 14.3. The van der Waals surface area contributed by atoms with Crippen LogP contribution in [0, 0.1) is 6.92 Å². The Labute approximate surface area is 148 Å². The van der Waals surface area contributed by atoms with Crippen molar-refractivity contribution in [2.24, 2.45) is 0 Å². The third-order valence-electron chi connectivity index (χ3n) is 3.65. The molecule has 0 aliphatic heterocycles. The Kier molecular flexibility index (Phi) is 7.12. The molecule has 1 aromatic heterocycles. The van der Waals surface area contributed by atoms with Crippen LogP contribution in [0.1, 0.15) is 37.3 Å². The minimum atomic E-state index is 0.243. The smallest absolute Gasteiger partial charge is 0.222 e. The Bertz CT molecular complexity index is 663. The molecule has 0 radical (unpaired) electrons. The van der Waals surface area contributed by atoms with Gasteiger partial charge in [-0.25, -0.2) is 4.98 Å². The Balaban J connectivity index is 1.87. The fraction of sp³-hybridized carbons (Fsp3) is 0.444. The summed E-state index contributed by atoms with van der Waals surface area (Å²) in [6, 6.07) is 6.13. The average molecular weight is 349 g/mol. The molecule has 0 bridgehead atoms. The normalized spacial score (nSPS) is 10.6. The molecule has 0 spiro atoms. The predicted molar refractivity (Wildman–Crippen MR) is 99.8 cm³/mol. The maximum atomic E-state index is 6.25. The van der Waals surface area contributed by atoms with E-state index < -0.39 is 0 Å². The van der Waals surface area contributed by atoms with Gasteiger partial charge in [0.15, 0.2) is 11.6 Å². The lowest BCUT2D eigenvalue weighted by molar-refractivity contribution is 0.310. The summed E-state index contributed by atoms with van der Waals surface area (Å²) in [5.41, 5.74) is 7.97. The van der Waals surface area contributed by atoms with Gasteiger partial charge in [0.1, 0.15) is 0 Å². The van der Waals surface area contributed by atoms with Crippen LogP contribution < -0.4 is 15.8 Å². The van der Waals surface area contributed by atoms with E-state index in [-0.39, 0.29) is 5.95 Å². The quantitative estimate of drug-likeness (QED) is 0.663. The monoisotopic (exact) mass is 348 g/mol. The standard InChI is InChI=1S/C18H25ClN4O/c1-3-4-9-21-17-16(12-22-18(20)23-17)24-10-5-6-14-8-7-13(2)11-15(14)19/h7-8,11-12H,3-6,9-10H2,1-2H3,(H3,20,21,22,23). The highest BCUT2D eigenvalue weighted by molar-refractivity contribution is 6.31. The van der Waals surface area contributed by atoms with Crippen LogP contribution in [0.3, 0.4) is 0 Å². The van der Waals surface area contributed by atoms with Crippen LogP contribution in [0.15, 0.2) is 24.4 Å². The van der Waals surface area contributed by atoms with E-state index >= 15 is 0 Å². The topological polar surface area (TPSA) is 73.1 Å². The van der Waals surface area contributed by atoms with Gasteiger partial charge >= 0.3 is 0 Å². The van der Waals surface area contributed by atoms with Crippen molar-refractivity contribution in [2.45, 2.75) is 39.5 Å². The van der Waals surface area contributed by atoms with Gasteiger partial charge in [0.05, 0.1) is 12.8 Å². The number of nitrogen functional groups attached to an aromatic ring is 1. The molecule has 0 aliphatic carbocycles. The first-order valence-electron chi connectivity index (χ1n) is 8.34. The number of anilines is 2. The van der Waals surface area contributed by atoms with Gasteiger partial charge in [0, 0.05) is 11.6 Å². The maximum Gasteiger partial charge on any atom is 0.222 e. The number of unbranched alkanes of at least 4 members (excludes halogenated alkanes) is 1. The van der Waals surface area contributed by atoms with E-state index in [2.05, 4.69) is 34.3 Å². The molecule has 1 heterocycles. The summed E-state index contributed by atoms with van der Waals surface area (Å²) in [5.74, 6) is 1.53. The minimum absolute atomic E-state index is 0.243. The van der Waals surface area contributed by atoms with Crippen LogP contribution in [-0.2, 0) is 6.42 Å². The Morgan fingerprint density at radius 2 is 2.12 bits per heavy atom. The van der Waals surface area contributed by atoms with E-state index in [9.17, 15) is 0 Å². The molecule has 130 valence electrons. The van der Waals surface area contributed by atoms with E-state index in [0.717, 1.165) is 42.8 Å². The molecule has 0 aliphatic rings. The molecule has 6 heteroatoms. The summed E-state index contributed by atoms with van der Waals surface area (Å²) in [4.78, 5) is 8.22. The number of nitrogens with two attached hydrogens (primary N) is 1. The number of aryl methyl sites for hydroxylation is 2. The second kappa shape index (κ2) is 9.33. The lowest BCUT2D eigenvalue weighted by Crippen LogP contribution is -2.09. The number of halogens is 1. The van der Waals surface area contributed by atoms with Crippen molar-refractivity contribution >= 4 is 23.4 Å². The number of nitrogens with zero attached hydrogens (tertiary/aromatic N) is 2. The lowest BCUT2D eigenvalue weighted by atomic mass is 10.1. The molecule has 1 aromatic carbocycles. The van der Waals surface area contributed by atoms with E-state index in [1.54, 1.807) is 6.20 Å². The molecule has 24 heavy (non-hydrogen) atoms. The van der Waals surface area contributed by atoms with Crippen LogP contribution >= 0.6 is 11.6 Å². The molecule has 0 fully saturated rings. The molecule has 2 rings (SSSR count). The molecule has 0 atom stereocenters. The summed E-state index contributed by atoms with van der Waals surface area (Å²) in [6.07, 6.45) is 5.53. The number of hydrogen-bond acceptors (Lipinski definition) is 5. The zero-order valence-corrected chi connectivity index (χ0v) is 15.1. The summed E-state index contributed by atoms with van der Waals surface area (Å²) < 4.78 is 5.82. The summed E-state index contributed by atoms with van der Waals surface area (Å²) in [5, 5.41) is 4.06. The number of benzene rings is 1. The van der Waals surface area contributed by atoms with Crippen molar-refractivity contribution in [3.63, 3.8) is 0 Å². The lowest BCUT2D eigenvalue weighted by Gasteiger charge is -2.12. The maximum absolute atomic E-state index is 6.25. The summed E-state index contributed by atoms with van der Waals surface area (Å²) in [7, 11) is 0. The molecule has 2 aromatic rings. The van der Waals surface area contributed by atoms with Gasteiger partial charge in [0.25, 0.3) is 0 Å².